The Kier molecular flexibility index (Phi) is 3.68. The molecule has 110 valence electrons. The van der Waals surface area contributed by atoms with Crippen molar-refractivity contribution in [3.63, 3.8) is 0 Å². The number of fused-ring (bicyclic) bond motifs is 1. The van der Waals surface area contributed by atoms with E-state index in [4.69, 9.17) is 10.5 Å². The average Bonchev–Trinajstić information content (AvgIpc) is 2.47. The number of halogens is 1. The SMILES string of the molecule is CCC1(Cc2ccccc2)C[C@@H](N)c2ccc(F)cc2O1. The summed E-state index contributed by atoms with van der Waals surface area (Å²) in [6.45, 7) is 2.10. The Labute approximate surface area is 124 Å². The molecule has 0 radical (unpaired) electrons. The fraction of sp³-hybridized carbons (Fsp3) is 0.333. The monoisotopic (exact) mass is 285 g/mol. The van der Waals surface area contributed by atoms with E-state index in [0.29, 0.717) is 5.75 Å². The third-order valence-electron chi connectivity index (χ3n) is 4.31. The van der Waals surface area contributed by atoms with Crippen molar-refractivity contribution in [1.29, 1.82) is 0 Å². The predicted octanol–water partition coefficient (Wildman–Crippen LogP) is 4.00. The summed E-state index contributed by atoms with van der Waals surface area (Å²) in [6.07, 6.45) is 2.37. The van der Waals surface area contributed by atoms with Gasteiger partial charge >= 0.3 is 0 Å². The zero-order valence-corrected chi connectivity index (χ0v) is 12.2. The van der Waals surface area contributed by atoms with Crippen LogP contribution in [-0.4, -0.2) is 5.60 Å². The highest BCUT2D eigenvalue weighted by atomic mass is 19.1. The second-order valence-corrected chi connectivity index (χ2v) is 5.79. The maximum atomic E-state index is 13.5. The number of benzene rings is 2. The number of ether oxygens (including phenoxy) is 1. The first kappa shape index (κ1) is 14.1. The molecule has 2 aromatic rings. The minimum atomic E-state index is -0.360. The molecule has 1 aliphatic heterocycles. The summed E-state index contributed by atoms with van der Waals surface area (Å²) in [5.41, 5.74) is 8.05. The molecule has 0 fully saturated rings. The Balaban J connectivity index is 1.94. The van der Waals surface area contributed by atoms with Crippen LogP contribution in [0.2, 0.25) is 0 Å². The van der Waals surface area contributed by atoms with E-state index in [2.05, 4.69) is 19.1 Å². The van der Waals surface area contributed by atoms with Gasteiger partial charge in [-0.3, -0.25) is 0 Å². The highest BCUT2D eigenvalue weighted by molar-refractivity contribution is 5.39. The molecule has 0 saturated carbocycles. The molecule has 21 heavy (non-hydrogen) atoms. The molecule has 2 atom stereocenters. The van der Waals surface area contributed by atoms with Crippen molar-refractivity contribution < 1.29 is 9.13 Å². The Morgan fingerprint density at radius 2 is 2.00 bits per heavy atom. The van der Waals surface area contributed by atoms with Crippen molar-refractivity contribution in [3.05, 3.63) is 65.5 Å². The van der Waals surface area contributed by atoms with E-state index >= 15 is 0 Å². The van der Waals surface area contributed by atoms with Crippen molar-refractivity contribution in [3.8, 4) is 5.75 Å². The van der Waals surface area contributed by atoms with Crippen LogP contribution in [0.4, 0.5) is 4.39 Å². The summed E-state index contributed by atoms with van der Waals surface area (Å²) >= 11 is 0. The topological polar surface area (TPSA) is 35.2 Å². The van der Waals surface area contributed by atoms with Crippen LogP contribution >= 0.6 is 0 Å². The van der Waals surface area contributed by atoms with Crippen LogP contribution < -0.4 is 10.5 Å². The quantitative estimate of drug-likeness (QED) is 0.925. The van der Waals surface area contributed by atoms with Gasteiger partial charge in [-0.25, -0.2) is 4.39 Å². The van der Waals surface area contributed by atoms with Crippen LogP contribution in [0.15, 0.2) is 48.5 Å². The molecule has 1 unspecified atom stereocenters. The Morgan fingerprint density at radius 3 is 2.71 bits per heavy atom. The van der Waals surface area contributed by atoms with Gasteiger partial charge in [0.25, 0.3) is 0 Å². The molecule has 0 bridgehead atoms. The average molecular weight is 285 g/mol. The van der Waals surface area contributed by atoms with E-state index in [9.17, 15) is 4.39 Å². The third-order valence-corrected chi connectivity index (χ3v) is 4.31. The van der Waals surface area contributed by atoms with Crippen molar-refractivity contribution >= 4 is 0 Å². The van der Waals surface area contributed by atoms with Crippen LogP contribution in [0.1, 0.15) is 36.9 Å². The molecule has 3 heteroatoms. The van der Waals surface area contributed by atoms with Gasteiger partial charge in [0.05, 0.1) is 0 Å². The highest BCUT2D eigenvalue weighted by Crippen LogP contribution is 2.41. The fourth-order valence-electron chi connectivity index (χ4n) is 3.11. The maximum absolute atomic E-state index is 13.5. The van der Waals surface area contributed by atoms with E-state index in [1.165, 1.54) is 17.7 Å². The summed E-state index contributed by atoms with van der Waals surface area (Å²) < 4.78 is 19.7. The number of hydrogen-bond acceptors (Lipinski definition) is 2. The highest BCUT2D eigenvalue weighted by Gasteiger charge is 2.38. The van der Waals surface area contributed by atoms with E-state index < -0.39 is 0 Å². The molecule has 0 amide bonds. The summed E-state index contributed by atoms with van der Waals surface area (Å²) in [7, 11) is 0. The molecule has 1 heterocycles. The minimum Gasteiger partial charge on any atom is -0.486 e. The lowest BCUT2D eigenvalue weighted by Gasteiger charge is -2.41. The first-order chi connectivity index (χ1) is 10.1. The molecule has 2 N–H and O–H groups in total. The molecule has 2 aromatic carbocycles. The molecule has 0 aromatic heterocycles. The van der Waals surface area contributed by atoms with Crippen molar-refractivity contribution in [2.24, 2.45) is 5.73 Å². The van der Waals surface area contributed by atoms with Crippen LogP contribution in [0.3, 0.4) is 0 Å². The predicted molar refractivity (Wildman–Crippen MR) is 81.7 cm³/mol. The van der Waals surface area contributed by atoms with E-state index in [0.717, 1.165) is 24.8 Å². The van der Waals surface area contributed by atoms with E-state index in [-0.39, 0.29) is 17.5 Å². The molecule has 1 aliphatic rings. The molecular weight excluding hydrogens is 265 g/mol. The van der Waals surface area contributed by atoms with Crippen LogP contribution in [0.25, 0.3) is 0 Å². The fourth-order valence-corrected chi connectivity index (χ4v) is 3.11. The maximum Gasteiger partial charge on any atom is 0.127 e. The summed E-state index contributed by atoms with van der Waals surface area (Å²) in [4.78, 5) is 0. The molecule has 0 aliphatic carbocycles. The van der Waals surface area contributed by atoms with Gasteiger partial charge in [-0.2, -0.15) is 0 Å². The summed E-state index contributed by atoms with van der Waals surface area (Å²) in [6, 6.07) is 14.7. The standard InChI is InChI=1S/C18H20FNO/c1-2-18(11-13-6-4-3-5-7-13)12-16(20)15-9-8-14(19)10-17(15)21-18/h3-10,16H,2,11-12,20H2,1H3/t16-,18?/m1/s1. The molecule has 2 nitrogen and oxygen atoms in total. The summed E-state index contributed by atoms with van der Waals surface area (Å²) in [5, 5.41) is 0. The summed E-state index contributed by atoms with van der Waals surface area (Å²) in [5.74, 6) is 0.305. The van der Waals surface area contributed by atoms with Crippen molar-refractivity contribution in [2.75, 3.05) is 0 Å². The lowest BCUT2D eigenvalue weighted by Crippen LogP contribution is -2.44. The third kappa shape index (κ3) is 2.79. The first-order valence-electron chi connectivity index (χ1n) is 7.40. The second-order valence-electron chi connectivity index (χ2n) is 5.79. The largest absolute Gasteiger partial charge is 0.486 e. The minimum absolute atomic E-state index is 0.113. The normalized spacial score (nSPS) is 24.2. The van der Waals surface area contributed by atoms with E-state index in [1.807, 2.05) is 18.2 Å². The van der Waals surface area contributed by atoms with Gasteiger partial charge in [-0.1, -0.05) is 43.3 Å². The van der Waals surface area contributed by atoms with Gasteiger partial charge < -0.3 is 10.5 Å². The van der Waals surface area contributed by atoms with Gasteiger partial charge in [0.1, 0.15) is 17.2 Å². The Morgan fingerprint density at radius 1 is 1.24 bits per heavy atom. The van der Waals surface area contributed by atoms with Gasteiger partial charge in [0, 0.05) is 30.5 Å². The molecule has 0 saturated heterocycles. The number of nitrogens with two attached hydrogens (primary N) is 1. The van der Waals surface area contributed by atoms with E-state index in [1.54, 1.807) is 6.07 Å². The van der Waals surface area contributed by atoms with Crippen molar-refractivity contribution in [2.45, 2.75) is 37.8 Å². The van der Waals surface area contributed by atoms with Crippen LogP contribution in [0, 0.1) is 5.82 Å². The lowest BCUT2D eigenvalue weighted by molar-refractivity contribution is 0.0318. The van der Waals surface area contributed by atoms with Gasteiger partial charge in [0.2, 0.25) is 0 Å². The zero-order chi connectivity index (χ0) is 14.9. The zero-order valence-electron chi connectivity index (χ0n) is 12.2. The molecular formula is C18H20FNO. The first-order valence-corrected chi connectivity index (χ1v) is 7.40. The Bertz CT molecular complexity index is 628. The lowest BCUT2D eigenvalue weighted by atomic mass is 9.81. The second kappa shape index (κ2) is 5.49. The Hall–Kier alpha value is -1.87. The van der Waals surface area contributed by atoms with Crippen LogP contribution in [-0.2, 0) is 6.42 Å². The van der Waals surface area contributed by atoms with Gasteiger partial charge in [-0.15, -0.1) is 0 Å². The molecule has 3 rings (SSSR count). The van der Waals surface area contributed by atoms with Gasteiger partial charge in [-0.05, 0) is 18.1 Å². The molecule has 0 spiro atoms. The van der Waals surface area contributed by atoms with Gasteiger partial charge in [0.15, 0.2) is 0 Å². The number of hydrogen-bond donors (Lipinski definition) is 1. The van der Waals surface area contributed by atoms with Crippen molar-refractivity contribution in [1.82, 2.24) is 0 Å². The smallest absolute Gasteiger partial charge is 0.127 e. The van der Waals surface area contributed by atoms with Crippen LogP contribution in [0.5, 0.6) is 5.75 Å². The number of rotatable bonds is 3.